The van der Waals surface area contributed by atoms with Crippen molar-refractivity contribution < 1.29 is 22.7 Å². The normalized spacial score (nSPS) is 16.0. The molecule has 0 bridgehead atoms. The molecular weight excluding hydrogens is 442 g/mol. The van der Waals surface area contributed by atoms with Gasteiger partial charge in [-0.15, -0.1) is 0 Å². The molecule has 0 radical (unpaired) electrons. The van der Waals surface area contributed by atoms with E-state index in [4.69, 9.17) is 9.47 Å². The molecule has 4 rings (SSSR count). The van der Waals surface area contributed by atoms with Crippen LogP contribution >= 0.6 is 0 Å². The van der Waals surface area contributed by atoms with Gasteiger partial charge in [-0.25, -0.2) is 8.42 Å². The first-order chi connectivity index (χ1) is 15.9. The fourth-order valence-corrected chi connectivity index (χ4v) is 5.73. The van der Waals surface area contributed by atoms with Crippen LogP contribution in [-0.2, 0) is 10.0 Å². The van der Waals surface area contributed by atoms with Crippen LogP contribution in [0.15, 0.2) is 41.3 Å². The maximum atomic E-state index is 13.4. The van der Waals surface area contributed by atoms with Crippen molar-refractivity contribution in [2.45, 2.75) is 38.0 Å². The summed E-state index contributed by atoms with van der Waals surface area (Å²) in [4.78, 5) is 15.7. The van der Waals surface area contributed by atoms with Gasteiger partial charge in [0.15, 0.2) is 11.5 Å². The Morgan fingerprint density at radius 3 is 2.36 bits per heavy atom. The van der Waals surface area contributed by atoms with Crippen LogP contribution in [0.2, 0.25) is 0 Å². The number of fused-ring (bicyclic) bond motifs is 1. The van der Waals surface area contributed by atoms with E-state index in [1.807, 2.05) is 0 Å². The molecule has 2 heterocycles. The molecule has 1 fully saturated rings. The lowest BCUT2D eigenvalue weighted by Gasteiger charge is -2.23. The van der Waals surface area contributed by atoms with Crippen LogP contribution in [0.3, 0.4) is 0 Å². The van der Waals surface area contributed by atoms with E-state index in [0.717, 1.165) is 38.0 Å². The highest BCUT2D eigenvalue weighted by Gasteiger charge is 2.26. The van der Waals surface area contributed by atoms with Gasteiger partial charge in [-0.2, -0.15) is 4.31 Å². The SMILES string of the molecule is CCN(CC)S(=O)(=O)c1ccc(N2CCCC2)c(C(=O)Nc2ccc3c(c2)OCCCO3)c1. The van der Waals surface area contributed by atoms with E-state index in [0.29, 0.717) is 49.1 Å². The molecule has 0 aliphatic carbocycles. The van der Waals surface area contributed by atoms with E-state index in [2.05, 4.69) is 10.2 Å². The molecule has 1 amide bonds. The van der Waals surface area contributed by atoms with Gasteiger partial charge in [0.1, 0.15) is 0 Å². The van der Waals surface area contributed by atoms with E-state index >= 15 is 0 Å². The summed E-state index contributed by atoms with van der Waals surface area (Å²) in [6, 6.07) is 10.1. The highest BCUT2D eigenvalue weighted by atomic mass is 32.2. The van der Waals surface area contributed by atoms with E-state index < -0.39 is 10.0 Å². The molecule has 0 spiro atoms. The molecular formula is C24H31N3O5S. The second-order valence-corrected chi connectivity index (χ2v) is 10.1. The second-order valence-electron chi connectivity index (χ2n) is 8.13. The van der Waals surface area contributed by atoms with Gasteiger partial charge in [0, 0.05) is 50.0 Å². The second kappa shape index (κ2) is 10.0. The molecule has 8 nitrogen and oxygen atoms in total. The average molecular weight is 474 g/mol. The van der Waals surface area contributed by atoms with Crippen LogP contribution in [-0.4, -0.2) is 58.0 Å². The summed E-state index contributed by atoms with van der Waals surface area (Å²) < 4.78 is 39.0. The Kier molecular flexibility index (Phi) is 7.09. The Balaban J connectivity index is 1.68. The molecule has 1 saturated heterocycles. The monoisotopic (exact) mass is 473 g/mol. The van der Waals surface area contributed by atoms with Crippen molar-refractivity contribution in [1.82, 2.24) is 4.31 Å². The topological polar surface area (TPSA) is 88.2 Å². The fourth-order valence-electron chi connectivity index (χ4n) is 4.24. The minimum Gasteiger partial charge on any atom is -0.490 e. The molecule has 9 heteroatoms. The molecule has 33 heavy (non-hydrogen) atoms. The Bertz CT molecular complexity index is 1110. The van der Waals surface area contributed by atoms with E-state index in [1.54, 1.807) is 44.2 Å². The van der Waals surface area contributed by atoms with Gasteiger partial charge < -0.3 is 19.7 Å². The number of hydrogen-bond donors (Lipinski definition) is 1. The molecule has 0 atom stereocenters. The van der Waals surface area contributed by atoms with Gasteiger partial charge in [0.2, 0.25) is 10.0 Å². The summed E-state index contributed by atoms with van der Waals surface area (Å²) in [5.41, 5.74) is 1.66. The van der Waals surface area contributed by atoms with Crippen LogP contribution in [0, 0.1) is 0 Å². The zero-order valence-corrected chi connectivity index (χ0v) is 20.0. The zero-order chi connectivity index (χ0) is 23.4. The maximum Gasteiger partial charge on any atom is 0.257 e. The van der Waals surface area contributed by atoms with E-state index in [-0.39, 0.29) is 10.8 Å². The number of benzene rings is 2. The lowest BCUT2D eigenvalue weighted by molar-refractivity contribution is 0.102. The average Bonchev–Trinajstić information content (AvgIpc) is 3.25. The lowest BCUT2D eigenvalue weighted by Crippen LogP contribution is -2.31. The lowest BCUT2D eigenvalue weighted by atomic mass is 10.1. The first-order valence-electron chi connectivity index (χ1n) is 11.5. The summed E-state index contributed by atoms with van der Waals surface area (Å²) in [6.45, 7) is 7.16. The largest absolute Gasteiger partial charge is 0.490 e. The number of nitrogens with one attached hydrogen (secondary N) is 1. The Hall–Kier alpha value is -2.78. The number of amides is 1. The maximum absolute atomic E-state index is 13.4. The van der Waals surface area contributed by atoms with Crippen molar-refractivity contribution >= 4 is 27.3 Å². The third kappa shape index (κ3) is 4.94. The van der Waals surface area contributed by atoms with Gasteiger partial charge in [0.25, 0.3) is 5.91 Å². The summed E-state index contributed by atoms with van der Waals surface area (Å²) in [6.07, 6.45) is 2.88. The quantitative estimate of drug-likeness (QED) is 0.659. The van der Waals surface area contributed by atoms with Crippen LogP contribution in [0.4, 0.5) is 11.4 Å². The highest BCUT2D eigenvalue weighted by Crippen LogP contribution is 2.33. The van der Waals surface area contributed by atoms with Gasteiger partial charge >= 0.3 is 0 Å². The van der Waals surface area contributed by atoms with Crippen LogP contribution < -0.4 is 19.7 Å². The van der Waals surface area contributed by atoms with Crippen molar-refractivity contribution in [3.63, 3.8) is 0 Å². The van der Waals surface area contributed by atoms with Crippen LogP contribution in [0.25, 0.3) is 0 Å². The molecule has 2 aliphatic rings. The minimum atomic E-state index is -3.69. The number of carbonyl (C=O) groups excluding carboxylic acids is 1. The predicted molar refractivity (Wildman–Crippen MR) is 128 cm³/mol. The number of hydrogen-bond acceptors (Lipinski definition) is 6. The van der Waals surface area contributed by atoms with Gasteiger partial charge in [0.05, 0.1) is 23.7 Å². The third-order valence-corrected chi connectivity index (χ3v) is 8.05. The number of anilines is 2. The van der Waals surface area contributed by atoms with Gasteiger partial charge in [-0.3, -0.25) is 4.79 Å². The summed E-state index contributed by atoms with van der Waals surface area (Å²) >= 11 is 0. The van der Waals surface area contributed by atoms with E-state index in [1.165, 1.54) is 10.4 Å². The summed E-state index contributed by atoms with van der Waals surface area (Å²) in [5.74, 6) is 0.876. The Morgan fingerprint density at radius 1 is 0.970 bits per heavy atom. The van der Waals surface area contributed by atoms with Crippen molar-refractivity contribution in [2.24, 2.45) is 0 Å². The summed E-state index contributed by atoms with van der Waals surface area (Å²) in [7, 11) is -3.69. The van der Waals surface area contributed by atoms with Crippen molar-refractivity contribution in [3.8, 4) is 11.5 Å². The Labute approximate surface area is 195 Å². The molecule has 2 aromatic carbocycles. The minimum absolute atomic E-state index is 0.123. The van der Waals surface area contributed by atoms with Crippen molar-refractivity contribution in [1.29, 1.82) is 0 Å². The highest BCUT2D eigenvalue weighted by molar-refractivity contribution is 7.89. The number of carbonyl (C=O) groups is 1. The number of nitrogens with zero attached hydrogens (tertiary/aromatic N) is 2. The smallest absolute Gasteiger partial charge is 0.257 e. The van der Waals surface area contributed by atoms with E-state index in [9.17, 15) is 13.2 Å². The summed E-state index contributed by atoms with van der Waals surface area (Å²) in [5, 5.41) is 2.92. The van der Waals surface area contributed by atoms with Crippen molar-refractivity contribution in [3.05, 3.63) is 42.0 Å². The molecule has 2 aromatic rings. The van der Waals surface area contributed by atoms with Crippen LogP contribution in [0.1, 0.15) is 43.5 Å². The third-order valence-electron chi connectivity index (χ3n) is 6.01. The molecule has 0 unspecified atom stereocenters. The number of rotatable bonds is 7. The first-order valence-corrected chi connectivity index (χ1v) is 13.0. The zero-order valence-electron chi connectivity index (χ0n) is 19.2. The first kappa shape index (κ1) is 23.4. The molecule has 2 aliphatic heterocycles. The number of ether oxygens (including phenoxy) is 2. The molecule has 178 valence electrons. The molecule has 1 N–H and O–H groups in total. The van der Waals surface area contributed by atoms with Gasteiger partial charge in [-0.1, -0.05) is 13.8 Å². The standard InChI is InChI=1S/C24H31N3O5S/c1-3-27(4-2)33(29,30)19-9-10-21(26-12-5-6-13-26)20(17-19)24(28)25-18-8-11-22-23(16-18)32-15-7-14-31-22/h8-11,16-17H,3-7,12-15H2,1-2H3,(H,25,28). The van der Waals surface area contributed by atoms with Gasteiger partial charge in [-0.05, 0) is 43.2 Å². The molecule has 0 aromatic heterocycles. The van der Waals surface area contributed by atoms with Crippen molar-refractivity contribution in [2.75, 3.05) is 49.6 Å². The predicted octanol–water partition coefficient (Wildman–Crippen LogP) is 3.73. The Morgan fingerprint density at radius 2 is 1.67 bits per heavy atom. The number of sulfonamides is 1. The van der Waals surface area contributed by atoms with Crippen LogP contribution in [0.5, 0.6) is 11.5 Å². The molecule has 0 saturated carbocycles. The fraction of sp³-hybridized carbons (Fsp3) is 0.458.